The fraction of sp³-hybridized carbons (Fsp3) is 0.200. The van der Waals surface area contributed by atoms with Gasteiger partial charge in [0.2, 0.25) is 5.91 Å². The number of amides is 1. The Balaban J connectivity index is 1.83. The monoisotopic (exact) mass is 271 g/mol. The van der Waals surface area contributed by atoms with Crippen molar-refractivity contribution in [2.45, 2.75) is 13.5 Å². The van der Waals surface area contributed by atoms with Crippen LogP contribution in [0.25, 0.3) is 6.08 Å². The second-order valence-electron chi connectivity index (χ2n) is 4.16. The topological polar surface area (TPSA) is 67.0 Å². The molecule has 1 aromatic heterocycles. The lowest BCUT2D eigenvalue weighted by Gasteiger charge is -2.02. The summed E-state index contributed by atoms with van der Waals surface area (Å²) >= 11 is 0. The molecule has 0 spiro atoms. The van der Waals surface area contributed by atoms with Crippen molar-refractivity contribution in [3.8, 4) is 5.75 Å². The molecule has 0 unspecified atom stereocenters. The lowest BCUT2D eigenvalue weighted by molar-refractivity contribution is -0.116. The third kappa shape index (κ3) is 4.28. The van der Waals surface area contributed by atoms with E-state index >= 15 is 0 Å². The van der Waals surface area contributed by atoms with E-state index in [1.807, 2.05) is 31.2 Å². The number of H-pyrrole nitrogens is 1. The van der Waals surface area contributed by atoms with Crippen LogP contribution >= 0.6 is 0 Å². The number of aromatic nitrogens is 2. The average molecular weight is 271 g/mol. The number of hydrogen-bond donors (Lipinski definition) is 2. The minimum absolute atomic E-state index is 0.139. The maximum atomic E-state index is 11.6. The maximum Gasteiger partial charge on any atom is 0.244 e. The summed E-state index contributed by atoms with van der Waals surface area (Å²) in [5.74, 6) is 0.689. The Bertz CT molecular complexity index is 559. The van der Waals surface area contributed by atoms with E-state index in [1.165, 1.54) is 6.08 Å². The third-order valence-corrected chi connectivity index (χ3v) is 2.64. The van der Waals surface area contributed by atoms with Gasteiger partial charge in [-0.3, -0.25) is 9.89 Å². The quantitative estimate of drug-likeness (QED) is 0.791. The molecule has 0 saturated heterocycles. The van der Waals surface area contributed by atoms with Crippen molar-refractivity contribution in [1.82, 2.24) is 15.5 Å². The van der Waals surface area contributed by atoms with Crippen molar-refractivity contribution < 1.29 is 9.53 Å². The number of rotatable bonds is 6. The van der Waals surface area contributed by atoms with Crippen LogP contribution in [0, 0.1) is 0 Å². The fourth-order valence-corrected chi connectivity index (χ4v) is 1.64. The van der Waals surface area contributed by atoms with Gasteiger partial charge in [-0.05, 0) is 30.7 Å². The number of carbonyl (C=O) groups is 1. The molecule has 20 heavy (non-hydrogen) atoms. The summed E-state index contributed by atoms with van der Waals surface area (Å²) in [6.07, 6.45) is 6.70. The van der Waals surface area contributed by atoms with Gasteiger partial charge in [0.25, 0.3) is 0 Å². The Morgan fingerprint density at radius 3 is 2.85 bits per heavy atom. The summed E-state index contributed by atoms with van der Waals surface area (Å²) in [5, 5.41) is 9.28. The minimum atomic E-state index is -0.139. The van der Waals surface area contributed by atoms with Gasteiger partial charge in [-0.2, -0.15) is 5.10 Å². The molecular formula is C15H17N3O2. The number of hydrogen-bond acceptors (Lipinski definition) is 3. The predicted molar refractivity (Wildman–Crippen MR) is 77.1 cm³/mol. The Kier molecular flexibility index (Phi) is 4.94. The average Bonchev–Trinajstić information content (AvgIpc) is 2.98. The maximum absolute atomic E-state index is 11.6. The number of aromatic amines is 1. The largest absolute Gasteiger partial charge is 0.494 e. The molecule has 104 valence electrons. The Hall–Kier alpha value is -2.56. The number of benzene rings is 1. The molecule has 0 radical (unpaired) electrons. The van der Waals surface area contributed by atoms with Gasteiger partial charge in [-0.1, -0.05) is 12.1 Å². The molecule has 1 amide bonds. The molecule has 0 fully saturated rings. The summed E-state index contributed by atoms with van der Waals surface area (Å²) in [4.78, 5) is 11.6. The number of ether oxygens (including phenoxy) is 1. The summed E-state index contributed by atoms with van der Waals surface area (Å²) in [6, 6.07) is 7.58. The van der Waals surface area contributed by atoms with E-state index in [2.05, 4.69) is 15.5 Å². The standard InChI is InChI=1S/C15H17N3O2/c1-2-20-14-6-3-12(4-7-14)5-8-15(19)16-9-13-10-17-18-11-13/h3-8,10-11H,2,9H2,1H3,(H,16,19)(H,17,18)/b8-5+. The molecule has 0 saturated carbocycles. The normalized spacial score (nSPS) is 10.7. The van der Waals surface area contributed by atoms with Crippen LogP contribution in [0.5, 0.6) is 5.75 Å². The SMILES string of the molecule is CCOc1ccc(/C=C/C(=O)NCc2cn[nH]c2)cc1. The summed E-state index contributed by atoms with van der Waals surface area (Å²) < 4.78 is 5.35. The zero-order valence-electron chi connectivity index (χ0n) is 11.3. The van der Waals surface area contributed by atoms with Crippen molar-refractivity contribution in [3.05, 3.63) is 53.9 Å². The second-order valence-corrected chi connectivity index (χ2v) is 4.16. The summed E-state index contributed by atoms with van der Waals surface area (Å²) in [6.45, 7) is 3.05. The molecule has 5 heteroatoms. The van der Waals surface area contributed by atoms with Crippen molar-refractivity contribution in [2.75, 3.05) is 6.61 Å². The Morgan fingerprint density at radius 2 is 2.20 bits per heavy atom. The van der Waals surface area contributed by atoms with Gasteiger partial charge in [0.05, 0.1) is 12.8 Å². The van der Waals surface area contributed by atoms with E-state index in [-0.39, 0.29) is 5.91 Å². The van der Waals surface area contributed by atoms with Crippen molar-refractivity contribution in [1.29, 1.82) is 0 Å². The first-order valence-corrected chi connectivity index (χ1v) is 6.44. The first-order valence-electron chi connectivity index (χ1n) is 6.44. The molecule has 5 nitrogen and oxygen atoms in total. The van der Waals surface area contributed by atoms with E-state index in [1.54, 1.807) is 18.5 Å². The van der Waals surface area contributed by atoms with Gasteiger partial charge in [0.15, 0.2) is 0 Å². The molecule has 0 atom stereocenters. The van der Waals surface area contributed by atoms with Crippen LogP contribution in [-0.4, -0.2) is 22.7 Å². The molecule has 0 aliphatic heterocycles. The van der Waals surface area contributed by atoms with E-state index in [0.29, 0.717) is 13.2 Å². The Labute approximate surface area is 117 Å². The minimum Gasteiger partial charge on any atom is -0.494 e. The smallest absolute Gasteiger partial charge is 0.244 e. The van der Waals surface area contributed by atoms with Crippen LogP contribution in [0.15, 0.2) is 42.7 Å². The molecule has 2 N–H and O–H groups in total. The molecule has 0 aliphatic carbocycles. The van der Waals surface area contributed by atoms with Gasteiger partial charge in [-0.15, -0.1) is 0 Å². The van der Waals surface area contributed by atoms with Crippen molar-refractivity contribution >= 4 is 12.0 Å². The second kappa shape index (κ2) is 7.13. The van der Waals surface area contributed by atoms with Gasteiger partial charge >= 0.3 is 0 Å². The van der Waals surface area contributed by atoms with Gasteiger partial charge in [-0.25, -0.2) is 0 Å². The highest BCUT2D eigenvalue weighted by atomic mass is 16.5. The zero-order valence-corrected chi connectivity index (χ0v) is 11.3. The van der Waals surface area contributed by atoms with Crippen LogP contribution in [0.4, 0.5) is 0 Å². The molecule has 0 aliphatic rings. The summed E-state index contributed by atoms with van der Waals surface area (Å²) in [5.41, 5.74) is 1.89. The van der Waals surface area contributed by atoms with E-state index in [9.17, 15) is 4.79 Å². The highest BCUT2D eigenvalue weighted by Crippen LogP contribution is 2.12. The first kappa shape index (κ1) is 13.9. The van der Waals surface area contributed by atoms with E-state index in [4.69, 9.17) is 4.74 Å². The molecule has 1 aromatic carbocycles. The van der Waals surface area contributed by atoms with Crippen LogP contribution < -0.4 is 10.1 Å². The van der Waals surface area contributed by atoms with Crippen LogP contribution in [0.2, 0.25) is 0 Å². The van der Waals surface area contributed by atoms with Crippen LogP contribution in [0.1, 0.15) is 18.1 Å². The third-order valence-electron chi connectivity index (χ3n) is 2.64. The van der Waals surface area contributed by atoms with Crippen LogP contribution in [0.3, 0.4) is 0 Å². The molecular weight excluding hydrogens is 254 g/mol. The van der Waals surface area contributed by atoms with E-state index < -0.39 is 0 Å². The zero-order chi connectivity index (χ0) is 14.2. The van der Waals surface area contributed by atoms with Crippen molar-refractivity contribution in [3.63, 3.8) is 0 Å². The lowest BCUT2D eigenvalue weighted by Crippen LogP contribution is -2.19. The highest BCUT2D eigenvalue weighted by molar-refractivity contribution is 5.91. The fourth-order valence-electron chi connectivity index (χ4n) is 1.64. The molecule has 2 aromatic rings. The first-order chi connectivity index (χ1) is 9.78. The molecule has 0 bridgehead atoms. The molecule has 1 heterocycles. The number of nitrogens with zero attached hydrogens (tertiary/aromatic N) is 1. The van der Waals surface area contributed by atoms with Crippen LogP contribution in [-0.2, 0) is 11.3 Å². The van der Waals surface area contributed by atoms with Gasteiger partial charge in [0.1, 0.15) is 5.75 Å². The summed E-state index contributed by atoms with van der Waals surface area (Å²) in [7, 11) is 0. The lowest BCUT2D eigenvalue weighted by atomic mass is 10.2. The highest BCUT2D eigenvalue weighted by Gasteiger charge is 1.97. The van der Waals surface area contributed by atoms with E-state index in [0.717, 1.165) is 16.9 Å². The van der Waals surface area contributed by atoms with Gasteiger partial charge < -0.3 is 10.1 Å². The van der Waals surface area contributed by atoms with Gasteiger partial charge in [0, 0.05) is 24.4 Å². The number of carbonyl (C=O) groups excluding carboxylic acids is 1. The Morgan fingerprint density at radius 1 is 1.40 bits per heavy atom. The number of nitrogens with one attached hydrogen (secondary N) is 2. The molecule has 2 rings (SSSR count). The predicted octanol–water partition coefficient (Wildman–Crippen LogP) is 2.14. The van der Waals surface area contributed by atoms with Crippen molar-refractivity contribution in [2.24, 2.45) is 0 Å².